The number of carbonyl (C=O) groups excluding carboxylic acids is 2. The zero-order valence-corrected chi connectivity index (χ0v) is 20.9. The van der Waals surface area contributed by atoms with E-state index in [2.05, 4.69) is 23.5 Å². The Balaban J connectivity index is 1.53. The van der Waals surface area contributed by atoms with Gasteiger partial charge in [-0.2, -0.15) is 0 Å². The predicted molar refractivity (Wildman–Crippen MR) is 135 cm³/mol. The van der Waals surface area contributed by atoms with Crippen molar-refractivity contribution in [3.63, 3.8) is 0 Å². The van der Waals surface area contributed by atoms with Gasteiger partial charge in [0.2, 0.25) is 5.91 Å². The number of benzene rings is 2. The molecule has 0 bridgehead atoms. The highest BCUT2D eigenvalue weighted by atomic mass is 16.5. The summed E-state index contributed by atoms with van der Waals surface area (Å²) in [5.74, 6) is 1.77. The first-order valence-corrected chi connectivity index (χ1v) is 12.3. The smallest absolute Gasteiger partial charge is 0.287 e. The van der Waals surface area contributed by atoms with Crippen LogP contribution in [-0.2, 0) is 17.8 Å². The molecule has 0 unspecified atom stereocenters. The van der Waals surface area contributed by atoms with E-state index in [4.69, 9.17) is 9.15 Å². The lowest BCUT2D eigenvalue weighted by Gasteiger charge is -2.39. The predicted octanol–water partition coefficient (Wildman–Crippen LogP) is 5.37. The lowest BCUT2D eigenvalue weighted by atomic mass is 9.87. The minimum atomic E-state index is -0.223. The molecule has 0 spiro atoms. The Hall–Kier alpha value is -3.54. The molecule has 0 saturated heterocycles. The third kappa shape index (κ3) is 5.76. The fourth-order valence-corrected chi connectivity index (χ4v) is 4.36. The van der Waals surface area contributed by atoms with Crippen molar-refractivity contribution in [2.45, 2.75) is 46.8 Å². The number of furan rings is 1. The summed E-state index contributed by atoms with van der Waals surface area (Å²) >= 11 is 0. The third-order valence-corrected chi connectivity index (χ3v) is 6.18. The van der Waals surface area contributed by atoms with E-state index in [-0.39, 0.29) is 36.1 Å². The van der Waals surface area contributed by atoms with Crippen molar-refractivity contribution in [1.82, 2.24) is 10.2 Å². The maximum absolute atomic E-state index is 13.1. The van der Waals surface area contributed by atoms with Crippen molar-refractivity contribution in [1.29, 1.82) is 0 Å². The van der Waals surface area contributed by atoms with E-state index in [0.29, 0.717) is 30.5 Å². The summed E-state index contributed by atoms with van der Waals surface area (Å²) in [6.07, 6.45) is 0.810. The first-order chi connectivity index (χ1) is 16.8. The van der Waals surface area contributed by atoms with Gasteiger partial charge in [-0.15, -0.1) is 0 Å². The van der Waals surface area contributed by atoms with Crippen molar-refractivity contribution in [2.24, 2.45) is 11.8 Å². The fraction of sp³-hybridized carbons (Fsp3) is 0.379. The van der Waals surface area contributed by atoms with Crippen LogP contribution in [0.3, 0.4) is 0 Å². The summed E-state index contributed by atoms with van der Waals surface area (Å²) in [4.78, 5) is 27.3. The maximum atomic E-state index is 13.1. The van der Waals surface area contributed by atoms with Crippen LogP contribution < -0.4 is 10.1 Å². The van der Waals surface area contributed by atoms with Gasteiger partial charge in [0.05, 0.1) is 6.04 Å². The van der Waals surface area contributed by atoms with Crippen molar-refractivity contribution in [3.05, 3.63) is 88.9 Å². The number of nitrogens with one attached hydrogen (secondary N) is 1. The molecule has 0 fully saturated rings. The molecule has 1 aliphatic rings. The van der Waals surface area contributed by atoms with Crippen LogP contribution in [-0.4, -0.2) is 29.8 Å². The molecule has 1 aromatic heterocycles. The van der Waals surface area contributed by atoms with E-state index < -0.39 is 0 Å². The summed E-state index contributed by atoms with van der Waals surface area (Å²) in [6, 6.07) is 19.5. The second-order valence-corrected chi connectivity index (χ2v) is 9.77. The topological polar surface area (TPSA) is 71.8 Å². The molecule has 3 aromatic rings. The highest BCUT2D eigenvalue weighted by Gasteiger charge is 2.33. The van der Waals surface area contributed by atoms with E-state index >= 15 is 0 Å². The molecule has 2 amide bonds. The zero-order valence-electron chi connectivity index (χ0n) is 20.9. The Morgan fingerprint density at radius 3 is 2.54 bits per heavy atom. The average molecular weight is 475 g/mol. The maximum Gasteiger partial charge on any atom is 0.287 e. The molecule has 35 heavy (non-hydrogen) atoms. The Morgan fingerprint density at radius 2 is 1.83 bits per heavy atom. The Kier molecular flexibility index (Phi) is 7.59. The van der Waals surface area contributed by atoms with Gasteiger partial charge in [-0.25, -0.2) is 0 Å². The molecule has 1 atom stereocenters. The Morgan fingerprint density at radius 1 is 1.06 bits per heavy atom. The van der Waals surface area contributed by atoms with Gasteiger partial charge in [-0.1, -0.05) is 64.1 Å². The molecule has 0 aliphatic carbocycles. The van der Waals surface area contributed by atoms with Gasteiger partial charge >= 0.3 is 0 Å². The van der Waals surface area contributed by atoms with Gasteiger partial charge in [-0.05, 0) is 53.3 Å². The molecular formula is C29H34N2O4. The van der Waals surface area contributed by atoms with Crippen molar-refractivity contribution >= 4 is 11.8 Å². The first kappa shape index (κ1) is 24.6. The number of hydrogen-bond acceptors (Lipinski definition) is 4. The molecule has 2 aromatic carbocycles. The summed E-state index contributed by atoms with van der Waals surface area (Å²) in [5.41, 5.74) is 3.39. The van der Waals surface area contributed by atoms with Gasteiger partial charge in [0.25, 0.3) is 5.91 Å². The standard InChI is InChI=1S/C29H34N2O4/c1-19(2)17-30-28(32)26-13-12-24(35-26)18-34-23-11-10-21-14-15-31(29(33)20(3)4)27(25(21)16-23)22-8-6-5-7-9-22/h5-13,16,19-20,27H,14-15,17-18H2,1-4H3,(H,30,32)/t27-/m0/s1. The largest absolute Gasteiger partial charge is 0.486 e. The molecular weight excluding hydrogens is 440 g/mol. The van der Waals surface area contributed by atoms with Crippen LogP contribution in [0.15, 0.2) is 65.1 Å². The number of fused-ring (bicyclic) bond motifs is 1. The highest BCUT2D eigenvalue weighted by molar-refractivity contribution is 5.91. The van der Waals surface area contributed by atoms with Gasteiger partial charge < -0.3 is 19.4 Å². The zero-order chi connectivity index (χ0) is 24.9. The normalized spacial score (nSPS) is 15.3. The number of hydrogen-bond donors (Lipinski definition) is 1. The van der Waals surface area contributed by atoms with Crippen LogP contribution in [0, 0.1) is 11.8 Å². The quantitative estimate of drug-likeness (QED) is 0.476. The van der Waals surface area contributed by atoms with E-state index in [0.717, 1.165) is 17.5 Å². The Bertz CT molecular complexity index is 1170. The minimum absolute atomic E-state index is 0.0759. The van der Waals surface area contributed by atoms with Crippen molar-refractivity contribution in [2.75, 3.05) is 13.1 Å². The van der Waals surface area contributed by atoms with E-state index in [9.17, 15) is 9.59 Å². The summed E-state index contributed by atoms with van der Waals surface area (Å²) in [5, 5.41) is 2.86. The summed E-state index contributed by atoms with van der Waals surface area (Å²) in [7, 11) is 0. The number of carbonyl (C=O) groups is 2. The van der Waals surface area contributed by atoms with Crippen LogP contribution >= 0.6 is 0 Å². The second-order valence-electron chi connectivity index (χ2n) is 9.77. The lowest BCUT2D eigenvalue weighted by Crippen LogP contribution is -2.42. The van der Waals surface area contributed by atoms with Crippen LogP contribution in [0.4, 0.5) is 0 Å². The fourth-order valence-electron chi connectivity index (χ4n) is 4.36. The SMILES string of the molecule is CC(C)CNC(=O)c1ccc(COc2ccc3c(c2)[C@H](c2ccccc2)N(C(=O)C(C)C)CC3)o1. The summed E-state index contributed by atoms with van der Waals surface area (Å²) in [6.45, 7) is 9.47. The number of rotatable bonds is 8. The van der Waals surface area contributed by atoms with Crippen LogP contribution in [0.2, 0.25) is 0 Å². The number of amides is 2. The molecule has 0 radical (unpaired) electrons. The van der Waals surface area contributed by atoms with Gasteiger partial charge in [-0.3, -0.25) is 9.59 Å². The van der Waals surface area contributed by atoms with Crippen molar-refractivity contribution in [3.8, 4) is 5.75 Å². The molecule has 184 valence electrons. The minimum Gasteiger partial charge on any atom is -0.486 e. The highest BCUT2D eigenvalue weighted by Crippen LogP contribution is 2.38. The van der Waals surface area contributed by atoms with Gasteiger partial charge in [0.15, 0.2) is 5.76 Å². The Labute approximate surface area is 207 Å². The first-order valence-electron chi connectivity index (χ1n) is 12.3. The molecule has 6 heteroatoms. The number of ether oxygens (including phenoxy) is 1. The monoisotopic (exact) mass is 474 g/mol. The van der Waals surface area contributed by atoms with Crippen molar-refractivity contribution < 1.29 is 18.7 Å². The second kappa shape index (κ2) is 10.8. The molecule has 1 aliphatic heterocycles. The average Bonchev–Trinajstić information content (AvgIpc) is 3.34. The van der Waals surface area contributed by atoms with Crippen LogP contribution in [0.25, 0.3) is 0 Å². The van der Waals surface area contributed by atoms with Gasteiger partial charge in [0.1, 0.15) is 18.1 Å². The lowest BCUT2D eigenvalue weighted by molar-refractivity contribution is -0.136. The van der Waals surface area contributed by atoms with Crippen LogP contribution in [0.1, 0.15) is 66.7 Å². The van der Waals surface area contributed by atoms with E-state index in [1.54, 1.807) is 12.1 Å². The molecule has 2 heterocycles. The molecule has 1 N–H and O–H groups in total. The van der Waals surface area contributed by atoms with E-state index in [1.165, 1.54) is 5.56 Å². The van der Waals surface area contributed by atoms with Gasteiger partial charge in [0, 0.05) is 19.0 Å². The summed E-state index contributed by atoms with van der Waals surface area (Å²) < 4.78 is 11.7. The van der Waals surface area contributed by atoms with E-state index in [1.807, 2.05) is 62.9 Å². The third-order valence-electron chi connectivity index (χ3n) is 6.18. The molecule has 4 rings (SSSR count). The van der Waals surface area contributed by atoms with Crippen LogP contribution in [0.5, 0.6) is 5.75 Å². The molecule has 0 saturated carbocycles. The number of nitrogens with zero attached hydrogens (tertiary/aromatic N) is 1. The molecule has 6 nitrogen and oxygen atoms in total.